The van der Waals surface area contributed by atoms with Gasteiger partial charge in [-0.15, -0.1) is 0 Å². The summed E-state index contributed by atoms with van der Waals surface area (Å²) in [5, 5.41) is 17.9. The number of rotatable bonds is 6. The molecule has 1 aliphatic heterocycles. The van der Waals surface area contributed by atoms with Crippen LogP contribution in [0.2, 0.25) is 5.02 Å². The summed E-state index contributed by atoms with van der Waals surface area (Å²) in [6, 6.07) is 14.6. The van der Waals surface area contributed by atoms with E-state index in [9.17, 15) is 32.3 Å². The highest BCUT2D eigenvalue weighted by molar-refractivity contribution is 6.32. The smallest absolute Gasteiger partial charge is 0.416 e. The van der Waals surface area contributed by atoms with Crippen LogP contribution in [0.3, 0.4) is 0 Å². The molecule has 0 saturated heterocycles. The van der Waals surface area contributed by atoms with Crippen molar-refractivity contribution in [3.05, 3.63) is 118 Å². The van der Waals surface area contributed by atoms with Gasteiger partial charge in [0.1, 0.15) is 23.2 Å². The number of carboxylic acids is 1. The molecule has 6 rings (SSSR count). The predicted octanol–water partition coefficient (Wildman–Crippen LogP) is 7.42. The number of hydrogen-bond acceptors (Lipinski definition) is 8. The highest BCUT2D eigenvalue weighted by Crippen LogP contribution is 2.38. The van der Waals surface area contributed by atoms with Crippen LogP contribution in [-0.2, 0) is 11.0 Å². The quantitative estimate of drug-likeness (QED) is 0.137. The maximum Gasteiger partial charge on any atom is 0.416 e. The first-order valence-electron chi connectivity index (χ1n) is 13.7. The zero-order valence-corrected chi connectivity index (χ0v) is 24.7. The number of aromatic nitrogens is 2. The molecule has 2 aromatic heterocycles. The molecule has 1 unspecified atom stereocenters. The van der Waals surface area contributed by atoms with Gasteiger partial charge in [-0.1, -0.05) is 35.9 Å². The number of nitrogens with one attached hydrogen (secondary N) is 3. The number of halogens is 5. The van der Waals surface area contributed by atoms with Crippen LogP contribution in [-0.4, -0.2) is 32.9 Å². The SMILES string of the molecule is CC1=C(C(=O)Nc2cc(C(=O)O)ccn2)C(c2ccc(-c3ccc(C(F)(F)F)cc3)cc2Cl)N=C(Nc2nc3ccc(F)cc3o2)N1. The van der Waals surface area contributed by atoms with Crippen LogP contribution in [0.1, 0.15) is 34.5 Å². The summed E-state index contributed by atoms with van der Waals surface area (Å²) in [5.41, 5.74) is 1.46. The van der Waals surface area contributed by atoms with Crippen LogP contribution >= 0.6 is 11.6 Å². The largest absolute Gasteiger partial charge is 0.478 e. The van der Waals surface area contributed by atoms with Crippen molar-refractivity contribution in [1.82, 2.24) is 15.3 Å². The number of hydrogen-bond donors (Lipinski definition) is 4. The van der Waals surface area contributed by atoms with E-state index in [4.69, 9.17) is 16.0 Å². The first kappa shape index (κ1) is 31.2. The van der Waals surface area contributed by atoms with Gasteiger partial charge >= 0.3 is 18.2 Å². The summed E-state index contributed by atoms with van der Waals surface area (Å²) in [5.74, 6) is -2.31. The normalized spacial score (nSPS) is 14.9. The maximum absolute atomic E-state index is 13.7. The number of carbonyl (C=O) groups is 2. The van der Waals surface area contributed by atoms with Crippen LogP contribution in [0, 0.1) is 5.82 Å². The third kappa shape index (κ3) is 6.63. The number of amides is 1. The molecule has 0 saturated carbocycles. The number of allylic oxidation sites excluding steroid dienone is 1. The van der Waals surface area contributed by atoms with E-state index in [-0.39, 0.29) is 39.5 Å². The second kappa shape index (κ2) is 12.2. The van der Waals surface area contributed by atoms with E-state index in [1.54, 1.807) is 25.1 Å². The Morgan fingerprint density at radius 3 is 2.45 bits per heavy atom. The van der Waals surface area contributed by atoms with E-state index >= 15 is 0 Å². The molecule has 3 heterocycles. The zero-order valence-electron chi connectivity index (χ0n) is 24.0. The third-order valence-electron chi connectivity index (χ3n) is 7.15. The summed E-state index contributed by atoms with van der Waals surface area (Å²) in [4.78, 5) is 38.1. The Bertz CT molecular complexity index is 2110. The van der Waals surface area contributed by atoms with E-state index in [1.165, 1.54) is 48.7 Å². The fourth-order valence-electron chi connectivity index (χ4n) is 4.91. The van der Waals surface area contributed by atoms with Crippen molar-refractivity contribution in [2.45, 2.75) is 19.1 Å². The molecule has 1 amide bonds. The minimum Gasteiger partial charge on any atom is -0.478 e. The molecule has 15 heteroatoms. The molecule has 3 aromatic carbocycles. The summed E-state index contributed by atoms with van der Waals surface area (Å²) in [7, 11) is 0. The molecule has 5 aromatic rings. The van der Waals surface area contributed by atoms with Crippen molar-refractivity contribution in [1.29, 1.82) is 0 Å². The molecule has 1 aliphatic rings. The van der Waals surface area contributed by atoms with Crippen LogP contribution in [0.4, 0.5) is 29.4 Å². The number of carboxylic acid groups (broad SMARTS) is 1. The lowest BCUT2D eigenvalue weighted by Gasteiger charge is -2.27. The minimum absolute atomic E-state index is 0.0188. The highest BCUT2D eigenvalue weighted by atomic mass is 35.5. The summed E-state index contributed by atoms with van der Waals surface area (Å²) in [6.45, 7) is 1.60. The van der Waals surface area contributed by atoms with Crippen molar-refractivity contribution >= 4 is 52.4 Å². The summed E-state index contributed by atoms with van der Waals surface area (Å²) < 4.78 is 58.5. The van der Waals surface area contributed by atoms with E-state index in [2.05, 4.69) is 30.9 Å². The number of nitrogens with zero attached hydrogens (tertiary/aromatic N) is 3. The van der Waals surface area contributed by atoms with Gasteiger partial charge in [0, 0.05) is 28.5 Å². The highest BCUT2D eigenvalue weighted by Gasteiger charge is 2.32. The molecule has 0 radical (unpaired) electrons. The van der Waals surface area contributed by atoms with Crippen molar-refractivity contribution in [2.24, 2.45) is 4.99 Å². The maximum atomic E-state index is 13.7. The number of aliphatic imine (C=N–C) groups is 1. The second-order valence-electron chi connectivity index (χ2n) is 10.3. The zero-order chi connectivity index (χ0) is 33.5. The number of aromatic carboxylic acids is 1. The fourth-order valence-corrected chi connectivity index (χ4v) is 5.19. The second-order valence-corrected chi connectivity index (χ2v) is 10.7. The van der Waals surface area contributed by atoms with Gasteiger partial charge in [-0.25, -0.2) is 19.2 Å². The number of oxazole rings is 1. The van der Waals surface area contributed by atoms with Crippen LogP contribution in [0.25, 0.3) is 22.2 Å². The van der Waals surface area contributed by atoms with E-state index < -0.39 is 35.5 Å². The molecule has 4 N–H and O–H groups in total. The van der Waals surface area contributed by atoms with Gasteiger partial charge in [-0.3, -0.25) is 10.1 Å². The topological polar surface area (TPSA) is 142 Å². The van der Waals surface area contributed by atoms with Gasteiger partial charge in [-0.05, 0) is 60.5 Å². The molecule has 0 bridgehead atoms. The lowest BCUT2D eigenvalue weighted by atomic mass is 9.93. The molecular formula is C32H21ClF4N6O4. The Morgan fingerprint density at radius 2 is 1.74 bits per heavy atom. The fraction of sp³-hybridized carbons (Fsp3) is 0.0938. The van der Waals surface area contributed by atoms with Crippen molar-refractivity contribution in [2.75, 3.05) is 10.6 Å². The first-order chi connectivity index (χ1) is 22.4. The number of alkyl halides is 3. The number of guanidine groups is 1. The number of carbonyl (C=O) groups excluding carboxylic acids is 1. The average Bonchev–Trinajstić information content (AvgIpc) is 3.41. The summed E-state index contributed by atoms with van der Waals surface area (Å²) in [6.07, 6.45) is -3.25. The standard InChI is InChI=1S/C32H21ClF4N6O4/c1-15-26(28(44)41-25-13-18(29(45)46)10-11-38-25)27(42-30(39-15)43-31-40-23-9-7-20(34)14-24(23)47-31)21-8-4-17(12-22(21)33)16-2-5-19(6-3-16)32(35,36)37/h2-14,27H,1H3,(H,45,46)(H,38,41,44)(H2,39,40,42,43). The molecule has 238 valence electrons. The molecule has 1 atom stereocenters. The first-order valence-corrected chi connectivity index (χ1v) is 14.1. The third-order valence-corrected chi connectivity index (χ3v) is 7.48. The number of fused-ring (bicyclic) bond motifs is 1. The molecule has 0 spiro atoms. The Morgan fingerprint density at radius 1 is 1.00 bits per heavy atom. The van der Waals surface area contributed by atoms with E-state index in [0.29, 0.717) is 27.9 Å². The van der Waals surface area contributed by atoms with Crippen molar-refractivity contribution in [3.63, 3.8) is 0 Å². The Hall–Kier alpha value is -5.76. The number of pyridine rings is 1. The van der Waals surface area contributed by atoms with Gasteiger partial charge in [0.25, 0.3) is 5.91 Å². The monoisotopic (exact) mass is 664 g/mol. The molecular weight excluding hydrogens is 644 g/mol. The Balaban J connectivity index is 1.36. The molecule has 47 heavy (non-hydrogen) atoms. The summed E-state index contributed by atoms with van der Waals surface area (Å²) >= 11 is 6.74. The minimum atomic E-state index is -4.49. The number of benzene rings is 3. The molecule has 0 aliphatic carbocycles. The van der Waals surface area contributed by atoms with Gasteiger partial charge in [-0.2, -0.15) is 18.2 Å². The lowest BCUT2D eigenvalue weighted by molar-refractivity contribution is -0.137. The van der Waals surface area contributed by atoms with E-state index in [0.717, 1.165) is 12.1 Å². The molecule has 0 fully saturated rings. The Labute approximate surface area is 267 Å². The van der Waals surface area contributed by atoms with Crippen LogP contribution < -0.4 is 16.0 Å². The van der Waals surface area contributed by atoms with Crippen LogP contribution in [0.15, 0.2) is 99.7 Å². The lowest BCUT2D eigenvalue weighted by Crippen LogP contribution is -2.37. The van der Waals surface area contributed by atoms with Gasteiger partial charge < -0.3 is 20.2 Å². The Kier molecular flexibility index (Phi) is 8.11. The van der Waals surface area contributed by atoms with Crippen molar-refractivity contribution in [3.8, 4) is 11.1 Å². The van der Waals surface area contributed by atoms with Crippen LogP contribution in [0.5, 0.6) is 0 Å². The van der Waals surface area contributed by atoms with Gasteiger partial charge in [0.15, 0.2) is 5.58 Å². The number of anilines is 2. The predicted molar refractivity (Wildman–Crippen MR) is 165 cm³/mol. The van der Waals surface area contributed by atoms with Gasteiger partial charge in [0.05, 0.1) is 16.7 Å². The average molecular weight is 665 g/mol. The van der Waals surface area contributed by atoms with E-state index in [1.807, 2.05) is 0 Å². The molecule has 10 nitrogen and oxygen atoms in total. The van der Waals surface area contributed by atoms with Gasteiger partial charge in [0.2, 0.25) is 5.96 Å². The van der Waals surface area contributed by atoms with Crippen molar-refractivity contribution < 1.29 is 36.7 Å².